The van der Waals surface area contributed by atoms with Crippen LogP contribution in [0.5, 0.6) is 0 Å². The van der Waals surface area contributed by atoms with Crippen molar-refractivity contribution in [1.82, 2.24) is 9.80 Å². The van der Waals surface area contributed by atoms with Crippen LogP contribution < -0.4 is 5.73 Å². The van der Waals surface area contributed by atoms with Gasteiger partial charge in [0.15, 0.2) is 0 Å². The Morgan fingerprint density at radius 1 is 1.64 bits per heavy atom. The molecule has 0 aromatic carbocycles. The first-order valence-corrected chi connectivity index (χ1v) is 3.82. The van der Waals surface area contributed by atoms with Gasteiger partial charge in [-0.15, -0.1) is 0 Å². The maximum absolute atomic E-state index is 10.7. The van der Waals surface area contributed by atoms with E-state index in [1.54, 1.807) is 4.90 Å². The Morgan fingerprint density at radius 3 is 2.55 bits per heavy atom. The van der Waals surface area contributed by atoms with Crippen LogP contribution in [0.3, 0.4) is 0 Å². The van der Waals surface area contributed by atoms with Gasteiger partial charge in [0.05, 0.1) is 0 Å². The Bertz CT molecular complexity index is 158. The highest BCUT2D eigenvalue weighted by Gasteiger charge is 2.25. The molecule has 0 spiro atoms. The first-order chi connectivity index (χ1) is 5.11. The van der Waals surface area contributed by atoms with Crippen LogP contribution in [0.4, 0.5) is 4.79 Å². The molecule has 0 bridgehead atoms. The van der Waals surface area contributed by atoms with E-state index < -0.39 is 0 Å². The number of carbonyl (C=O) groups excluding carboxylic acids is 1. The van der Waals surface area contributed by atoms with Gasteiger partial charge in [-0.05, 0) is 20.5 Å². The van der Waals surface area contributed by atoms with Crippen LogP contribution >= 0.6 is 0 Å². The lowest BCUT2D eigenvalue weighted by molar-refractivity contribution is 0.212. The highest BCUT2D eigenvalue weighted by molar-refractivity contribution is 5.72. The second-order valence-electron chi connectivity index (χ2n) is 3.19. The van der Waals surface area contributed by atoms with Crippen molar-refractivity contribution >= 4 is 6.03 Å². The molecule has 0 unspecified atom stereocenters. The lowest BCUT2D eigenvalue weighted by Gasteiger charge is -2.18. The third-order valence-corrected chi connectivity index (χ3v) is 2.21. The van der Waals surface area contributed by atoms with Crippen molar-refractivity contribution < 1.29 is 4.79 Å². The standard InChI is InChI=1S/C7H15N3O/c1-9(2)6-3-4-10(5-6)7(8)11/h6H,3-5H2,1-2H3,(H2,8,11)/t6-/m0/s1. The van der Waals surface area contributed by atoms with E-state index in [1.807, 2.05) is 14.1 Å². The van der Waals surface area contributed by atoms with Crippen LogP contribution in [0.25, 0.3) is 0 Å². The quantitative estimate of drug-likeness (QED) is 0.568. The summed E-state index contributed by atoms with van der Waals surface area (Å²) < 4.78 is 0. The molecular weight excluding hydrogens is 142 g/mol. The van der Waals surface area contributed by atoms with E-state index in [9.17, 15) is 4.79 Å². The van der Waals surface area contributed by atoms with E-state index in [0.29, 0.717) is 6.04 Å². The second kappa shape index (κ2) is 3.09. The van der Waals surface area contributed by atoms with E-state index in [-0.39, 0.29) is 6.03 Å². The van der Waals surface area contributed by atoms with E-state index in [4.69, 9.17) is 5.73 Å². The largest absolute Gasteiger partial charge is 0.351 e. The van der Waals surface area contributed by atoms with Crippen LogP contribution in [0.2, 0.25) is 0 Å². The van der Waals surface area contributed by atoms with E-state index >= 15 is 0 Å². The number of rotatable bonds is 1. The molecule has 0 saturated carbocycles. The molecule has 11 heavy (non-hydrogen) atoms. The van der Waals surface area contributed by atoms with Crippen molar-refractivity contribution in [3.8, 4) is 0 Å². The van der Waals surface area contributed by atoms with Gasteiger partial charge in [-0.25, -0.2) is 4.79 Å². The molecule has 1 rings (SSSR count). The maximum atomic E-state index is 10.7. The number of hydrogen-bond acceptors (Lipinski definition) is 2. The summed E-state index contributed by atoms with van der Waals surface area (Å²) in [6, 6.07) is 0.192. The summed E-state index contributed by atoms with van der Waals surface area (Å²) >= 11 is 0. The average Bonchev–Trinajstić information content (AvgIpc) is 2.33. The molecule has 0 aromatic heterocycles. The summed E-state index contributed by atoms with van der Waals surface area (Å²) in [6.45, 7) is 1.58. The zero-order chi connectivity index (χ0) is 8.43. The Kier molecular flexibility index (Phi) is 2.34. The molecule has 4 nitrogen and oxygen atoms in total. The van der Waals surface area contributed by atoms with Gasteiger partial charge in [-0.2, -0.15) is 0 Å². The number of likely N-dealkylation sites (N-methyl/N-ethyl adjacent to an activating group) is 1. The molecule has 2 N–H and O–H groups in total. The predicted molar refractivity (Wildman–Crippen MR) is 43.2 cm³/mol. The predicted octanol–water partition coefficient (Wildman–Crippen LogP) is -0.299. The molecule has 1 aliphatic rings. The number of urea groups is 1. The van der Waals surface area contributed by atoms with E-state index in [0.717, 1.165) is 19.5 Å². The number of likely N-dealkylation sites (tertiary alicyclic amines) is 1. The summed E-state index contributed by atoms with van der Waals surface area (Å²) in [5.74, 6) is 0. The van der Waals surface area contributed by atoms with Crippen LogP contribution in [0.15, 0.2) is 0 Å². The fourth-order valence-corrected chi connectivity index (χ4v) is 1.36. The fraction of sp³-hybridized carbons (Fsp3) is 0.857. The number of nitrogens with zero attached hydrogens (tertiary/aromatic N) is 2. The Labute approximate surface area is 66.9 Å². The van der Waals surface area contributed by atoms with Crippen molar-refractivity contribution in [3.05, 3.63) is 0 Å². The normalized spacial score (nSPS) is 24.6. The third-order valence-electron chi connectivity index (χ3n) is 2.21. The first-order valence-electron chi connectivity index (χ1n) is 3.82. The van der Waals surface area contributed by atoms with Crippen molar-refractivity contribution in [2.24, 2.45) is 5.73 Å². The topological polar surface area (TPSA) is 49.6 Å². The Morgan fingerprint density at radius 2 is 2.27 bits per heavy atom. The molecule has 0 radical (unpaired) electrons. The van der Waals surface area contributed by atoms with Crippen LogP contribution in [0.1, 0.15) is 6.42 Å². The molecule has 1 atom stereocenters. The molecule has 0 aliphatic carbocycles. The highest BCUT2D eigenvalue weighted by Crippen LogP contribution is 2.11. The fourth-order valence-electron chi connectivity index (χ4n) is 1.36. The lowest BCUT2D eigenvalue weighted by Crippen LogP contribution is -2.37. The minimum atomic E-state index is -0.297. The summed E-state index contributed by atoms with van der Waals surface area (Å²) in [5, 5.41) is 0. The zero-order valence-corrected chi connectivity index (χ0v) is 7.08. The van der Waals surface area contributed by atoms with Gasteiger partial charge in [-0.1, -0.05) is 0 Å². The zero-order valence-electron chi connectivity index (χ0n) is 7.08. The van der Waals surface area contributed by atoms with Gasteiger partial charge in [0.1, 0.15) is 0 Å². The molecular formula is C7H15N3O. The third kappa shape index (κ3) is 1.83. The maximum Gasteiger partial charge on any atom is 0.314 e. The molecule has 1 heterocycles. The smallest absolute Gasteiger partial charge is 0.314 e. The van der Waals surface area contributed by atoms with Crippen LogP contribution in [0, 0.1) is 0 Å². The highest BCUT2D eigenvalue weighted by atomic mass is 16.2. The van der Waals surface area contributed by atoms with E-state index in [1.165, 1.54) is 0 Å². The van der Waals surface area contributed by atoms with Crippen molar-refractivity contribution in [2.75, 3.05) is 27.2 Å². The SMILES string of the molecule is CN(C)[C@H]1CCN(C(N)=O)C1. The number of carbonyl (C=O) groups is 1. The lowest BCUT2D eigenvalue weighted by atomic mass is 10.2. The molecule has 2 amide bonds. The number of hydrogen-bond donors (Lipinski definition) is 1. The number of amides is 2. The molecule has 0 aromatic rings. The Hall–Kier alpha value is -0.770. The van der Waals surface area contributed by atoms with Gasteiger partial charge in [-0.3, -0.25) is 0 Å². The van der Waals surface area contributed by atoms with Crippen LogP contribution in [-0.4, -0.2) is 49.1 Å². The van der Waals surface area contributed by atoms with Gasteiger partial charge in [0.25, 0.3) is 0 Å². The Balaban J connectivity index is 2.41. The number of primary amides is 1. The van der Waals surface area contributed by atoms with Crippen molar-refractivity contribution in [2.45, 2.75) is 12.5 Å². The number of nitrogens with two attached hydrogens (primary N) is 1. The van der Waals surface area contributed by atoms with Crippen molar-refractivity contribution in [3.63, 3.8) is 0 Å². The molecule has 64 valence electrons. The van der Waals surface area contributed by atoms with E-state index in [2.05, 4.69) is 4.90 Å². The van der Waals surface area contributed by atoms with Crippen LogP contribution in [-0.2, 0) is 0 Å². The second-order valence-corrected chi connectivity index (χ2v) is 3.19. The summed E-state index contributed by atoms with van der Waals surface area (Å²) in [7, 11) is 4.05. The average molecular weight is 157 g/mol. The molecule has 1 aliphatic heterocycles. The molecule has 1 saturated heterocycles. The molecule has 4 heteroatoms. The minimum absolute atomic E-state index is 0.297. The summed E-state index contributed by atoms with van der Waals surface area (Å²) in [5.41, 5.74) is 5.13. The monoisotopic (exact) mass is 157 g/mol. The minimum Gasteiger partial charge on any atom is -0.351 e. The van der Waals surface area contributed by atoms with Gasteiger partial charge >= 0.3 is 6.03 Å². The van der Waals surface area contributed by atoms with Gasteiger partial charge in [0.2, 0.25) is 0 Å². The van der Waals surface area contributed by atoms with Gasteiger partial charge < -0.3 is 15.5 Å². The molecule has 1 fully saturated rings. The van der Waals surface area contributed by atoms with Gasteiger partial charge in [0, 0.05) is 19.1 Å². The summed E-state index contributed by atoms with van der Waals surface area (Å²) in [6.07, 6.45) is 1.04. The first kappa shape index (κ1) is 8.33. The van der Waals surface area contributed by atoms with Crippen molar-refractivity contribution in [1.29, 1.82) is 0 Å². The summed E-state index contributed by atoms with van der Waals surface area (Å²) in [4.78, 5) is 14.5.